The van der Waals surface area contributed by atoms with Crippen LogP contribution in [0.15, 0.2) is 60.7 Å². The molecule has 1 saturated heterocycles. The van der Waals surface area contributed by atoms with E-state index in [-0.39, 0.29) is 0 Å². The fourth-order valence-electron chi connectivity index (χ4n) is 4.40. The zero-order valence-electron chi connectivity index (χ0n) is 14.5. The summed E-state index contributed by atoms with van der Waals surface area (Å²) in [6.07, 6.45) is 8.55. The number of rotatable bonds is 6. The minimum atomic E-state index is -1.52. The third-order valence-corrected chi connectivity index (χ3v) is 11.0. The molecule has 0 spiro atoms. The highest BCUT2D eigenvalue weighted by atomic mass is 28.3. The second kappa shape index (κ2) is 7.96. The summed E-state index contributed by atoms with van der Waals surface area (Å²) in [6, 6.07) is 25.7. The lowest BCUT2D eigenvalue weighted by molar-refractivity contribution is 0.416. The van der Waals surface area contributed by atoms with E-state index in [9.17, 15) is 0 Å². The molecule has 0 N–H and O–H groups in total. The van der Waals surface area contributed by atoms with Crippen molar-refractivity contribution < 1.29 is 0 Å². The summed E-state index contributed by atoms with van der Waals surface area (Å²) in [6.45, 7) is 2.31. The molecular weight excluding hydrogens is 292 g/mol. The summed E-state index contributed by atoms with van der Waals surface area (Å²) >= 11 is 0. The van der Waals surface area contributed by atoms with Gasteiger partial charge in [0.25, 0.3) is 0 Å². The zero-order valence-corrected chi connectivity index (χ0v) is 15.5. The van der Waals surface area contributed by atoms with Crippen LogP contribution in [0.3, 0.4) is 0 Å². The van der Waals surface area contributed by atoms with Gasteiger partial charge in [0.1, 0.15) is 8.07 Å². The summed E-state index contributed by atoms with van der Waals surface area (Å²) in [5, 5.41) is 3.30. The summed E-state index contributed by atoms with van der Waals surface area (Å²) < 4.78 is 0. The van der Waals surface area contributed by atoms with Gasteiger partial charge in [0.15, 0.2) is 0 Å². The molecule has 122 valence electrons. The molecule has 1 heterocycles. The molecule has 0 aromatic heterocycles. The maximum atomic E-state index is 2.40. The van der Waals surface area contributed by atoms with E-state index in [2.05, 4.69) is 67.6 Å². The highest BCUT2D eigenvalue weighted by Gasteiger charge is 2.40. The average Bonchev–Trinajstić information content (AvgIpc) is 2.64. The predicted molar refractivity (Wildman–Crippen MR) is 104 cm³/mol. The Balaban J connectivity index is 1.80. The van der Waals surface area contributed by atoms with Crippen LogP contribution in [0.1, 0.15) is 45.4 Å². The first-order valence-electron chi connectivity index (χ1n) is 9.46. The maximum Gasteiger partial charge on any atom is 0.118 e. The largest absolute Gasteiger partial charge is 0.118 e. The highest BCUT2D eigenvalue weighted by Crippen LogP contribution is 2.35. The predicted octanol–water partition coefficient (Wildman–Crippen LogP) is 5.24. The number of hydrogen-bond acceptors (Lipinski definition) is 0. The molecule has 1 aliphatic rings. The van der Waals surface area contributed by atoms with Gasteiger partial charge in [0, 0.05) is 0 Å². The van der Waals surface area contributed by atoms with E-state index in [0.717, 1.165) is 5.92 Å². The first kappa shape index (κ1) is 16.5. The van der Waals surface area contributed by atoms with Gasteiger partial charge in [-0.2, -0.15) is 0 Å². The summed E-state index contributed by atoms with van der Waals surface area (Å²) in [4.78, 5) is 0. The molecule has 23 heavy (non-hydrogen) atoms. The molecule has 0 bridgehead atoms. The molecular formula is C22H30Si. The molecule has 0 amide bonds. The van der Waals surface area contributed by atoms with Gasteiger partial charge < -0.3 is 0 Å². The second-order valence-electron chi connectivity index (χ2n) is 7.25. The molecule has 1 aliphatic heterocycles. The van der Waals surface area contributed by atoms with E-state index in [1.165, 1.54) is 50.6 Å². The first-order chi connectivity index (χ1) is 11.3. The number of unbranched alkanes of at least 4 members (excludes halogenated alkanes) is 2. The Morgan fingerprint density at radius 3 is 1.78 bits per heavy atom. The topological polar surface area (TPSA) is 0 Å². The van der Waals surface area contributed by atoms with E-state index in [0.29, 0.717) is 0 Å². The van der Waals surface area contributed by atoms with Crippen LogP contribution in [0.5, 0.6) is 0 Å². The van der Waals surface area contributed by atoms with Crippen molar-refractivity contribution >= 4 is 18.4 Å². The van der Waals surface area contributed by atoms with Crippen molar-refractivity contribution in [3.63, 3.8) is 0 Å². The van der Waals surface area contributed by atoms with Crippen molar-refractivity contribution in [2.45, 2.75) is 57.5 Å². The van der Waals surface area contributed by atoms with Crippen molar-refractivity contribution in [3.05, 3.63) is 60.7 Å². The third-order valence-electron chi connectivity index (χ3n) is 5.83. The van der Waals surface area contributed by atoms with Crippen molar-refractivity contribution in [3.8, 4) is 0 Å². The van der Waals surface area contributed by atoms with E-state index < -0.39 is 8.07 Å². The van der Waals surface area contributed by atoms with Crippen LogP contribution in [0.4, 0.5) is 0 Å². The van der Waals surface area contributed by atoms with E-state index in [4.69, 9.17) is 0 Å². The van der Waals surface area contributed by atoms with Crippen LogP contribution in [0, 0.1) is 5.92 Å². The minimum absolute atomic E-state index is 0.981. The molecule has 2 aromatic rings. The Morgan fingerprint density at radius 2 is 1.30 bits per heavy atom. The van der Waals surface area contributed by atoms with Crippen LogP contribution in [0.25, 0.3) is 0 Å². The van der Waals surface area contributed by atoms with Gasteiger partial charge in [0.2, 0.25) is 0 Å². The quantitative estimate of drug-likeness (QED) is 0.504. The van der Waals surface area contributed by atoms with Crippen molar-refractivity contribution in [2.24, 2.45) is 5.92 Å². The Bertz CT molecular complexity index is 526. The van der Waals surface area contributed by atoms with E-state index in [1.54, 1.807) is 10.4 Å². The zero-order chi connectivity index (χ0) is 16.0. The Kier molecular flexibility index (Phi) is 5.72. The van der Waals surface area contributed by atoms with Crippen molar-refractivity contribution in [1.29, 1.82) is 0 Å². The Labute approximate surface area is 143 Å². The van der Waals surface area contributed by atoms with E-state index in [1.807, 2.05) is 0 Å². The monoisotopic (exact) mass is 322 g/mol. The van der Waals surface area contributed by atoms with Crippen LogP contribution in [-0.4, -0.2) is 8.07 Å². The molecule has 0 radical (unpaired) electrons. The number of benzene rings is 2. The average molecular weight is 323 g/mol. The Morgan fingerprint density at radius 1 is 0.783 bits per heavy atom. The smallest absolute Gasteiger partial charge is 0.0654 e. The SMILES string of the molecule is CCCCCC1CC[Si](c2ccccc2)(c2ccccc2)CC1. The fraction of sp³-hybridized carbons (Fsp3) is 0.455. The molecule has 2 aromatic carbocycles. The summed E-state index contributed by atoms with van der Waals surface area (Å²) in [7, 11) is -1.52. The molecule has 0 aliphatic carbocycles. The third kappa shape index (κ3) is 3.77. The van der Waals surface area contributed by atoms with Gasteiger partial charge >= 0.3 is 0 Å². The molecule has 0 saturated carbocycles. The van der Waals surface area contributed by atoms with Crippen molar-refractivity contribution in [2.75, 3.05) is 0 Å². The summed E-state index contributed by atoms with van der Waals surface area (Å²) in [5.41, 5.74) is 0. The highest BCUT2D eigenvalue weighted by molar-refractivity contribution is 7.02. The lowest BCUT2D eigenvalue weighted by atomic mass is 9.96. The molecule has 0 nitrogen and oxygen atoms in total. The lowest BCUT2D eigenvalue weighted by Crippen LogP contribution is -2.59. The first-order valence-corrected chi connectivity index (χ1v) is 11.9. The maximum absolute atomic E-state index is 2.40. The van der Waals surface area contributed by atoms with Gasteiger partial charge in [0.05, 0.1) is 0 Å². The van der Waals surface area contributed by atoms with E-state index >= 15 is 0 Å². The normalized spacial score (nSPS) is 18.0. The Hall–Kier alpha value is -1.34. The fourth-order valence-corrected chi connectivity index (χ4v) is 9.60. The van der Waals surface area contributed by atoms with Gasteiger partial charge in [-0.3, -0.25) is 0 Å². The van der Waals surface area contributed by atoms with Crippen LogP contribution in [-0.2, 0) is 0 Å². The molecule has 1 heteroatoms. The lowest BCUT2D eigenvalue weighted by Gasteiger charge is -2.39. The van der Waals surface area contributed by atoms with Crippen LogP contribution < -0.4 is 10.4 Å². The minimum Gasteiger partial charge on any atom is -0.0654 e. The van der Waals surface area contributed by atoms with Gasteiger partial charge in [-0.1, -0.05) is 116 Å². The van der Waals surface area contributed by atoms with Gasteiger partial charge in [-0.05, 0) is 18.0 Å². The van der Waals surface area contributed by atoms with Crippen LogP contribution in [0.2, 0.25) is 12.1 Å². The van der Waals surface area contributed by atoms with Gasteiger partial charge in [-0.15, -0.1) is 0 Å². The van der Waals surface area contributed by atoms with Crippen LogP contribution >= 0.6 is 0 Å². The molecule has 1 fully saturated rings. The van der Waals surface area contributed by atoms with Crippen molar-refractivity contribution in [1.82, 2.24) is 0 Å². The molecule has 0 atom stereocenters. The molecule has 3 rings (SSSR count). The number of hydrogen-bond donors (Lipinski definition) is 0. The molecule has 0 unspecified atom stereocenters. The summed E-state index contributed by atoms with van der Waals surface area (Å²) in [5.74, 6) is 0.981. The van der Waals surface area contributed by atoms with Gasteiger partial charge in [-0.25, -0.2) is 0 Å². The second-order valence-corrected chi connectivity index (χ2v) is 11.6. The standard InChI is InChI=1S/C22H30Si/c1-2-3-6-11-20-16-18-23(19-17-20,21-12-7-4-8-13-21)22-14-9-5-10-15-22/h4-5,7-10,12-15,20H,2-3,6,11,16-19H2,1H3.